The third-order valence-electron chi connectivity index (χ3n) is 5.62. The summed E-state index contributed by atoms with van der Waals surface area (Å²) in [5.74, 6) is -0.981. The molecule has 0 bridgehead atoms. The van der Waals surface area contributed by atoms with Gasteiger partial charge >= 0.3 is 0 Å². The van der Waals surface area contributed by atoms with Gasteiger partial charge in [0.05, 0.1) is 16.6 Å². The van der Waals surface area contributed by atoms with E-state index in [2.05, 4.69) is 11.4 Å². The molecule has 160 valence electrons. The molecule has 0 aliphatic heterocycles. The van der Waals surface area contributed by atoms with E-state index in [1.54, 1.807) is 12.1 Å². The number of hydrogen-bond donors (Lipinski definition) is 1. The lowest BCUT2D eigenvalue weighted by atomic mass is 9.87. The van der Waals surface area contributed by atoms with Crippen molar-refractivity contribution >= 4 is 21.6 Å². The molecule has 0 spiro atoms. The minimum Gasteiger partial charge on any atom is -0.345 e. The van der Waals surface area contributed by atoms with Crippen LogP contribution in [0.25, 0.3) is 0 Å². The number of halogens is 1. The first-order valence-electron chi connectivity index (χ1n) is 10.1. The maximum atomic E-state index is 14.1. The van der Waals surface area contributed by atoms with E-state index in [0.717, 1.165) is 29.1 Å². The zero-order chi connectivity index (χ0) is 22.0. The number of anilines is 1. The van der Waals surface area contributed by atoms with Crippen LogP contribution >= 0.6 is 0 Å². The predicted molar refractivity (Wildman–Crippen MR) is 118 cm³/mol. The summed E-state index contributed by atoms with van der Waals surface area (Å²) in [5, 5.41) is 3.03. The Kier molecular flexibility index (Phi) is 5.78. The quantitative estimate of drug-likeness (QED) is 0.640. The van der Waals surface area contributed by atoms with E-state index in [9.17, 15) is 17.6 Å². The SMILES string of the molecule is CN(c1ccccc1F)S(=O)(=O)c1cccc(C(=O)NC2CCCc3ccccc32)c1. The Bertz CT molecular complexity index is 1230. The molecule has 7 heteroatoms. The molecule has 0 aromatic heterocycles. The Hall–Kier alpha value is -3.19. The van der Waals surface area contributed by atoms with Crippen molar-refractivity contribution < 1.29 is 17.6 Å². The van der Waals surface area contributed by atoms with Gasteiger partial charge in [-0.1, -0.05) is 42.5 Å². The van der Waals surface area contributed by atoms with Gasteiger partial charge in [0.15, 0.2) is 0 Å². The van der Waals surface area contributed by atoms with Crippen molar-refractivity contribution in [3.05, 3.63) is 95.3 Å². The molecule has 3 aromatic rings. The molecule has 5 nitrogen and oxygen atoms in total. The van der Waals surface area contributed by atoms with E-state index in [4.69, 9.17) is 0 Å². The van der Waals surface area contributed by atoms with Crippen LogP contribution in [0.1, 0.15) is 40.4 Å². The van der Waals surface area contributed by atoms with Gasteiger partial charge < -0.3 is 5.32 Å². The molecule has 1 amide bonds. The molecule has 0 heterocycles. The number of nitrogens with one attached hydrogen (secondary N) is 1. The number of carbonyl (C=O) groups excluding carboxylic acids is 1. The van der Waals surface area contributed by atoms with Crippen LogP contribution in [0.3, 0.4) is 0 Å². The number of carbonyl (C=O) groups is 1. The van der Waals surface area contributed by atoms with Gasteiger partial charge in [0.1, 0.15) is 5.82 Å². The van der Waals surface area contributed by atoms with Gasteiger partial charge in [-0.3, -0.25) is 9.10 Å². The molecule has 1 atom stereocenters. The van der Waals surface area contributed by atoms with Gasteiger partial charge in [-0.2, -0.15) is 0 Å². The molecule has 0 radical (unpaired) electrons. The average molecular weight is 439 g/mol. The predicted octanol–water partition coefficient (Wildman–Crippen LogP) is 4.46. The number of hydrogen-bond acceptors (Lipinski definition) is 3. The Morgan fingerprint density at radius 2 is 1.77 bits per heavy atom. The number of amides is 1. The van der Waals surface area contributed by atoms with Gasteiger partial charge in [0.2, 0.25) is 0 Å². The summed E-state index contributed by atoms with van der Waals surface area (Å²) >= 11 is 0. The monoisotopic (exact) mass is 438 g/mol. The van der Waals surface area contributed by atoms with Crippen molar-refractivity contribution in [2.45, 2.75) is 30.2 Å². The van der Waals surface area contributed by atoms with E-state index >= 15 is 0 Å². The van der Waals surface area contributed by atoms with Crippen LogP contribution in [0.15, 0.2) is 77.7 Å². The molecular formula is C24H23FN2O3S. The van der Waals surface area contributed by atoms with Gasteiger partial charge in [0.25, 0.3) is 15.9 Å². The van der Waals surface area contributed by atoms with Gasteiger partial charge in [-0.25, -0.2) is 12.8 Å². The second-order valence-electron chi connectivity index (χ2n) is 7.57. The fraction of sp³-hybridized carbons (Fsp3) is 0.208. The number of rotatable bonds is 5. The zero-order valence-corrected chi connectivity index (χ0v) is 17.9. The van der Waals surface area contributed by atoms with Crippen LogP contribution in [0, 0.1) is 5.82 Å². The van der Waals surface area contributed by atoms with Crippen molar-refractivity contribution in [2.24, 2.45) is 0 Å². The number of sulfonamides is 1. The Labute approximate surface area is 181 Å². The fourth-order valence-electron chi connectivity index (χ4n) is 3.94. The summed E-state index contributed by atoms with van der Waals surface area (Å²) in [4.78, 5) is 12.8. The fourth-order valence-corrected chi connectivity index (χ4v) is 5.19. The Balaban J connectivity index is 1.59. The standard InChI is InChI=1S/C24H23FN2O3S/c1-27(23-15-5-4-13-21(23)25)31(29,30)19-11-6-10-18(16-19)24(28)26-22-14-7-9-17-8-2-3-12-20(17)22/h2-6,8,10-13,15-16,22H,7,9,14H2,1H3,(H,26,28). The van der Waals surface area contributed by atoms with E-state index in [0.29, 0.717) is 0 Å². The summed E-state index contributed by atoms with van der Waals surface area (Å²) in [7, 11) is -2.75. The largest absolute Gasteiger partial charge is 0.345 e. The summed E-state index contributed by atoms with van der Waals surface area (Å²) in [6.07, 6.45) is 2.79. The lowest BCUT2D eigenvalue weighted by Crippen LogP contribution is -2.31. The van der Waals surface area contributed by atoms with Crippen LogP contribution in [0.2, 0.25) is 0 Å². The van der Waals surface area contributed by atoms with E-state index in [-0.39, 0.29) is 28.1 Å². The first-order valence-corrected chi connectivity index (χ1v) is 11.5. The number of nitrogens with zero attached hydrogens (tertiary/aromatic N) is 1. The summed E-state index contributed by atoms with van der Waals surface area (Å²) < 4.78 is 41.1. The van der Waals surface area contributed by atoms with Crippen LogP contribution in [0.5, 0.6) is 0 Å². The molecule has 31 heavy (non-hydrogen) atoms. The van der Waals surface area contributed by atoms with Crippen molar-refractivity contribution in [1.29, 1.82) is 0 Å². The lowest BCUT2D eigenvalue weighted by molar-refractivity contribution is 0.0932. The van der Waals surface area contributed by atoms with Gasteiger partial charge in [-0.05, 0) is 60.7 Å². The molecule has 0 saturated carbocycles. The molecule has 1 aliphatic carbocycles. The molecule has 0 fully saturated rings. The van der Waals surface area contributed by atoms with Gasteiger partial charge in [0, 0.05) is 12.6 Å². The van der Waals surface area contributed by atoms with Crippen LogP contribution < -0.4 is 9.62 Å². The number of fused-ring (bicyclic) bond motifs is 1. The molecule has 1 aliphatic rings. The number of aryl methyl sites for hydroxylation is 1. The maximum Gasteiger partial charge on any atom is 0.264 e. The van der Waals surface area contributed by atoms with E-state index in [1.165, 1.54) is 49.0 Å². The average Bonchev–Trinajstić information content (AvgIpc) is 2.79. The normalized spacial score (nSPS) is 15.7. The first-order chi connectivity index (χ1) is 14.9. The minimum atomic E-state index is -4.04. The highest BCUT2D eigenvalue weighted by Gasteiger charge is 2.26. The van der Waals surface area contributed by atoms with Crippen LogP contribution in [-0.4, -0.2) is 21.4 Å². The van der Waals surface area contributed by atoms with E-state index < -0.39 is 15.8 Å². The van der Waals surface area contributed by atoms with Crippen molar-refractivity contribution in [3.63, 3.8) is 0 Å². The molecule has 1 N–H and O–H groups in total. The zero-order valence-electron chi connectivity index (χ0n) is 17.1. The number of para-hydroxylation sites is 1. The van der Waals surface area contributed by atoms with Crippen LogP contribution in [0.4, 0.5) is 10.1 Å². The van der Waals surface area contributed by atoms with Crippen molar-refractivity contribution in [3.8, 4) is 0 Å². The van der Waals surface area contributed by atoms with Gasteiger partial charge in [-0.15, -0.1) is 0 Å². The third kappa shape index (κ3) is 4.18. The molecule has 1 unspecified atom stereocenters. The minimum absolute atomic E-state index is 0.0591. The van der Waals surface area contributed by atoms with Crippen LogP contribution in [-0.2, 0) is 16.4 Å². The highest BCUT2D eigenvalue weighted by molar-refractivity contribution is 7.92. The summed E-state index contributed by atoms with van der Waals surface area (Å²) in [5.41, 5.74) is 2.51. The molecular weight excluding hydrogens is 415 g/mol. The third-order valence-corrected chi connectivity index (χ3v) is 7.39. The second-order valence-corrected chi connectivity index (χ2v) is 9.54. The lowest BCUT2D eigenvalue weighted by Gasteiger charge is -2.26. The van der Waals surface area contributed by atoms with E-state index in [1.807, 2.05) is 18.2 Å². The maximum absolute atomic E-state index is 14.1. The first kappa shape index (κ1) is 21.1. The smallest absolute Gasteiger partial charge is 0.264 e. The highest BCUT2D eigenvalue weighted by atomic mass is 32.2. The second kappa shape index (κ2) is 8.51. The Morgan fingerprint density at radius 3 is 2.58 bits per heavy atom. The summed E-state index contributed by atoms with van der Waals surface area (Å²) in [6, 6.07) is 19.4. The topological polar surface area (TPSA) is 66.5 Å². The Morgan fingerprint density at radius 1 is 1.03 bits per heavy atom. The molecule has 3 aromatic carbocycles. The highest BCUT2D eigenvalue weighted by Crippen LogP contribution is 2.30. The summed E-state index contributed by atoms with van der Waals surface area (Å²) in [6.45, 7) is 0. The molecule has 4 rings (SSSR count). The number of benzene rings is 3. The van der Waals surface area contributed by atoms with Crippen molar-refractivity contribution in [1.82, 2.24) is 5.32 Å². The molecule has 0 saturated heterocycles. The van der Waals surface area contributed by atoms with Crippen molar-refractivity contribution in [2.75, 3.05) is 11.4 Å².